The van der Waals surface area contributed by atoms with Gasteiger partial charge in [0.15, 0.2) is 4.77 Å². The van der Waals surface area contributed by atoms with E-state index in [9.17, 15) is 4.39 Å². The van der Waals surface area contributed by atoms with Crippen molar-refractivity contribution in [2.24, 2.45) is 0 Å². The highest BCUT2D eigenvalue weighted by atomic mass is 32.2. The van der Waals surface area contributed by atoms with Gasteiger partial charge in [0.05, 0.1) is 11.0 Å². The first-order valence-corrected chi connectivity index (χ1v) is 8.24. The zero-order valence-electron chi connectivity index (χ0n) is 11.1. The molecule has 1 aliphatic rings. The Morgan fingerprint density at radius 3 is 2.95 bits per heavy atom. The van der Waals surface area contributed by atoms with Crippen LogP contribution in [-0.2, 0) is 0 Å². The molecule has 1 fully saturated rings. The molecule has 2 atom stereocenters. The summed E-state index contributed by atoms with van der Waals surface area (Å²) in [7, 11) is 0. The average Bonchev–Trinajstić information content (AvgIpc) is 2.93. The number of thioether (sulfide) groups is 1. The van der Waals surface area contributed by atoms with Gasteiger partial charge < -0.3 is 9.55 Å². The average molecular weight is 296 g/mol. The van der Waals surface area contributed by atoms with Gasteiger partial charge in [-0.2, -0.15) is 11.8 Å². The number of fused-ring (bicyclic) bond motifs is 1. The minimum Gasteiger partial charge on any atom is -0.330 e. The van der Waals surface area contributed by atoms with Crippen LogP contribution in [0.25, 0.3) is 11.0 Å². The molecular weight excluding hydrogens is 279 g/mol. The van der Waals surface area contributed by atoms with E-state index in [0.717, 1.165) is 17.5 Å². The molecule has 1 heterocycles. The number of nitrogens with zero attached hydrogens (tertiary/aromatic N) is 1. The molecule has 1 aromatic carbocycles. The van der Waals surface area contributed by atoms with Crippen molar-refractivity contribution in [3.05, 3.63) is 28.3 Å². The van der Waals surface area contributed by atoms with Crippen LogP contribution < -0.4 is 0 Å². The van der Waals surface area contributed by atoms with E-state index in [4.69, 9.17) is 12.2 Å². The fraction of sp³-hybridized carbons (Fsp3) is 0.500. The second-order valence-electron chi connectivity index (χ2n) is 5.19. The van der Waals surface area contributed by atoms with Crippen LogP contribution in [-0.4, -0.2) is 21.1 Å². The number of H-pyrrole nitrogens is 1. The Kier molecular flexibility index (Phi) is 3.43. The maximum absolute atomic E-state index is 13.6. The molecule has 1 saturated carbocycles. The van der Waals surface area contributed by atoms with Crippen molar-refractivity contribution in [3.8, 4) is 0 Å². The highest BCUT2D eigenvalue weighted by Gasteiger charge is 2.29. The van der Waals surface area contributed by atoms with Gasteiger partial charge in [0.25, 0.3) is 0 Å². The number of halogens is 1. The Balaban J connectivity index is 2.20. The van der Waals surface area contributed by atoms with Crippen LogP contribution >= 0.6 is 24.0 Å². The maximum atomic E-state index is 13.6. The van der Waals surface area contributed by atoms with E-state index in [-0.39, 0.29) is 5.82 Å². The van der Waals surface area contributed by atoms with Gasteiger partial charge in [-0.25, -0.2) is 4.39 Å². The van der Waals surface area contributed by atoms with Crippen LogP contribution in [0.1, 0.15) is 30.9 Å². The van der Waals surface area contributed by atoms with Crippen molar-refractivity contribution in [1.82, 2.24) is 9.55 Å². The molecule has 102 valence electrons. The molecule has 2 unspecified atom stereocenters. The molecule has 1 aliphatic carbocycles. The molecule has 1 N–H and O–H groups in total. The van der Waals surface area contributed by atoms with Gasteiger partial charge in [0.2, 0.25) is 0 Å². The third-order valence-corrected chi connectivity index (χ3v) is 5.50. The lowest BCUT2D eigenvalue weighted by Gasteiger charge is -2.20. The van der Waals surface area contributed by atoms with E-state index in [1.807, 2.05) is 17.8 Å². The van der Waals surface area contributed by atoms with E-state index in [1.54, 1.807) is 13.0 Å². The first-order valence-electron chi connectivity index (χ1n) is 6.55. The van der Waals surface area contributed by atoms with Crippen molar-refractivity contribution in [1.29, 1.82) is 0 Å². The van der Waals surface area contributed by atoms with Gasteiger partial charge in [-0.3, -0.25) is 0 Å². The second-order valence-corrected chi connectivity index (χ2v) is 6.65. The van der Waals surface area contributed by atoms with Gasteiger partial charge in [-0.15, -0.1) is 0 Å². The van der Waals surface area contributed by atoms with Crippen molar-refractivity contribution >= 4 is 35.0 Å². The molecular formula is C14H17FN2S2. The summed E-state index contributed by atoms with van der Waals surface area (Å²) in [6.07, 6.45) is 5.79. The summed E-state index contributed by atoms with van der Waals surface area (Å²) >= 11 is 7.36. The fourth-order valence-electron chi connectivity index (χ4n) is 3.06. The molecule has 1 aromatic heterocycles. The van der Waals surface area contributed by atoms with E-state index >= 15 is 0 Å². The Labute approximate surface area is 121 Å². The Morgan fingerprint density at radius 2 is 2.21 bits per heavy atom. The quantitative estimate of drug-likeness (QED) is 0.817. The number of imidazole rings is 1. The van der Waals surface area contributed by atoms with Gasteiger partial charge >= 0.3 is 0 Å². The number of aromatic nitrogens is 2. The second kappa shape index (κ2) is 4.94. The SMILES string of the molecule is CSC1CCCC1n1c(=S)[nH]c2cc(F)c(C)cc21. The number of aromatic amines is 1. The minimum atomic E-state index is -0.177. The summed E-state index contributed by atoms with van der Waals surface area (Å²) in [5.74, 6) is -0.177. The normalized spacial score (nSPS) is 23.3. The molecule has 2 nitrogen and oxygen atoms in total. The molecule has 0 spiro atoms. The summed E-state index contributed by atoms with van der Waals surface area (Å²) in [4.78, 5) is 3.15. The zero-order chi connectivity index (χ0) is 13.6. The van der Waals surface area contributed by atoms with E-state index in [1.165, 1.54) is 12.8 Å². The molecule has 5 heteroatoms. The molecule has 0 saturated heterocycles. The highest BCUT2D eigenvalue weighted by Crippen LogP contribution is 2.39. The Hall–Kier alpha value is -0.810. The van der Waals surface area contributed by atoms with Gasteiger partial charge in [-0.05, 0) is 55.9 Å². The Bertz CT molecular complexity index is 674. The van der Waals surface area contributed by atoms with Gasteiger partial charge in [-0.1, -0.05) is 6.42 Å². The summed E-state index contributed by atoms with van der Waals surface area (Å²) < 4.78 is 16.6. The summed E-state index contributed by atoms with van der Waals surface area (Å²) in [6, 6.07) is 3.90. The number of hydrogen-bond acceptors (Lipinski definition) is 2. The molecule has 0 bridgehead atoms. The largest absolute Gasteiger partial charge is 0.330 e. The summed E-state index contributed by atoms with van der Waals surface area (Å²) in [5, 5.41) is 0.607. The molecule has 0 radical (unpaired) electrons. The van der Waals surface area contributed by atoms with E-state index < -0.39 is 0 Å². The number of benzene rings is 1. The van der Waals surface area contributed by atoms with Crippen molar-refractivity contribution < 1.29 is 4.39 Å². The van der Waals surface area contributed by atoms with Crippen molar-refractivity contribution in [2.45, 2.75) is 37.5 Å². The first kappa shape index (κ1) is 13.2. The van der Waals surface area contributed by atoms with Crippen LogP contribution in [0.5, 0.6) is 0 Å². The van der Waals surface area contributed by atoms with Crippen LogP contribution in [0.4, 0.5) is 4.39 Å². The molecule has 19 heavy (non-hydrogen) atoms. The topological polar surface area (TPSA) is 20.7 Å². The minimum absolute atomic E-state index is 0.177. The fourth-order valence-corrected chi connectivity index (χ4v) is 4.37. The maximum Gasteiger partial charge on any atom is 0.178 e. The van der Waals surface area contributed by atoms with Crippen molar-refractivity contribution in [3.63, 3.8) is 0 Å². The third kappa shape index (κ3) is 2.13. The molecule has 3 rings (SSSR count). The third-order valence-electron chi connectivity index (χ3n) is 4.05. The lowest BCUT2D eigenvalue weighted by Crippen LogP contribution is -2.15. The first-order chi connectivity index (χ1) is 9.11. The zero-order valence-corrected chi connectivity index (χ0v) is 12.7. The summed E-state index contributed by atoms with van der Waals surface area (Å²) in [5.41, 5.74) is 2.52. The number of aryl methyl sites for hydroxylation is 1. The van der Waals surface area contributed by atoms with Crippen LogP contribution in [0.2, 0.25) is 0 Å². The smallest absolute Gasteiger partial charge is 0.178 e. The standard InChI is InChI=1S/C14H17FN2S2/c1-8-6-12-10(7-9(8)15)16-14(18)17(12)11-4-3-5-13(11)19-2/h6-7,11,13H,3-5H2,1-2H3,(H,16,18). The highest BCUT2D eigenvalue weighted by molar-refractivity contribution is 7.99. The van der Waals surface area contributed by atoms with Gasteiger partial charge in [0, 0.05) is 11.3 Å². The van der Waals surface area contributed by atoms with Crippen LogP contribution in [0, 0.1) is 17.5 Å². The van der Waals surface area contributed by atoms with E-state index in [2.05, 4.69) is 15.8 Å². The predicted octanol–water partition coefficient (Wildman–Crippen LogP) is 4.60. The predicted molar refractivity (Wildman–Crippen MR) is 82.0 cm³/mol. The van der Waals surface area contributed by atoms with Crippen LogP contribution in [0.3, 0.4) is 0 Å². The molecule has 2 aromatic rings. The number of nitrogens with one attached hydrogen (secondary N) is 1. The van der Waals surface area contributed by atoms with Gasteiger partial charge in [0.1, 0.15) is 5.82 Å². The number of hydrogen-bond donors (Lipinski definition) is 1. The summed E-state index contributed by atoms with van der Waals surface area (Å²) in [6.45, 7) is 1.80. The molecule has 0 aliphatic heterocycles. The lowest BCUT2D eigenvalue weighted by molar-refractivity contribution is 0.536. The molecule has 0 amide bonds. The lowest BCUT2D eigenvalue weighted by atomic mass is 10.2. The van der Waals surface area contributed by atoms with Crippen LogP contribution in [0.15, 0.2) is 12.1 Å². The van der Waals surface area contributed by atoms with E-state index in [0.29, 0.717) is 21.6 Å². The Morgan fingerprint density at radius 1 is 1.42 bits per heavy atom. The van der Waals surface area contributed by atoms with Crippen molar-refractivity contribution in [2.75, 3.05) is 6.26 Å². The monoisotopic (exact) mass is 296 g/mol. The number of rotatable bonds is 2.